The van der Waals surface area contributed by atoms with E-state index in [2.05, 4.69) is 37.4 Å². The van der Waals surface area contributed by atoms with Crippen LogP contribution >= 0.6 is 0 Å². The second kappa shape index (κ2) is 11.4. The van der Waals surface area contributed by atoms with Crippen molar-refractivity contribution in [3.8, 4) is 0 Å². The number of fused-ring (bicyclic) bond motifs is 1. The highest BCUT2D eigenvalue weighted by molar-refractivity contribution is 5.85. The molecule has 1 N–H and O–H groups in total. The minimum atomic E-state index is -0.313. The molecule has 1 heterocycles. The summed E-state index contributed by atoms with van der Waals surface area (Å²) in [7, 11) is 1.98. The van der Waals surface area contributed by atoms with Crippen molar-refractivity contribution in [2.45, 2.75) is 78.5 Å². The maximum Gasteiger partial charge on any atom is 0.323 e. The van der Waals surface area contributed by atoms with Crippen LogP contribution in [0.15, 0.2) is 35.9 Å². The normalized spacial score (nSPS) is 16.5. The standard InChI is InChI=1S/C27H37N3O3/c1-6-21(14-19(4)17-31)26-29-23-15-20(11-12-25(23)30(26)5)16-28-24(13-18(2)3)27(32)33-22-9-7-8-10-22/h6,11-12,14-15,17-18,22,24,28H,7-10,13,16H2,1-5H3/b19-14-,21-6+. The van der Waals surface area contributed by atoms with Gasteiger partial charge in [-0.05, 0) is 81.2 Å². The Hall–Kier alpha value is -2.73. The molecule has 1 unspecified atom stereocenters. The molecule has 1 fully saturated rings. The summed E-state index contributed by atoms with van der Waals surface area (Å²) in [5.41, 5.74) is 4.53. The number of rotatable bonds is 10. The van der Waals surface area contributed by atoms with Gasteiger partial charge in [0.05, 0.1) is 11.0 Å². The smallest absolute Gasteiger partial charge is 0.323 e. The predicted octanol–water partition coefficient (Wildman–Crippen LogP) is 5.11. The first-order valence-corrected chi connectivity index (χ1v) is 12.0. The van der Waals surface area contributed by atoms with Gasteiger partial charge in [-0.25, -0.2) is 4.98 Å². The third-order valence-corrected chi connectivity index (χ3v) is 6.21. The maximum absolute atomic E-state index is 12.8. The monoisotopic (exact) mass is 451 g/mol. The predicted molar refractivity (Wildman–Crippen MR) is 133 cm³/mol. The Balaban J connectivity index is 1.76. The molecule has 1 atom stereocenters. The summed E-state index contributed by atoms with van der Waals surface area (Å²) < 4.78 is 7.82. The van der Waals surface area contributed by atoms with Gasteiger partial charge in [0.1, 0.15) is 24.3 Å². The third kappa shape index (κ3) is 6.41. The molecule has 1 aliphatic carbocycles. The van der Waals surface area contributed by atoms with Crippen molar-refractivity contribution in [1.82, 2.24) is 14.9 Å². The molecule has 0 radical (unpaired) electrons. The topological polar surface area (TPSA) is 73.2 Å². The molecule has 1 aliphatic rings. The SMILES string of the molecule is C/C=C(\C=C(\C)C=O)c1nc2cc(CNC(CC(C)C)C(=O)OC3CCCC3)ccc2n1C. The molecule has 1 aromatic carbocycles. The molecule has 1 saturated carbocycles. The van der Waals surface area contributed by atoms with Crippen LogP contribution in [-0.2, 0) is 27.9 Å². The van der Waals surface area contributed by atoms with Gasteiger partial charge in [0, 0.05) is 19.2 Å². The van der Waals surface area contributed by atoms with E-state index in [4.69, 9.17) is 9.72 Å². The second-order valence-corrected chi connectivity index (χ2v) is 9.47. The van der Waals surface area contributed by atoms with Crippen LogP contribution in [0.25, 0.3) is 16.6 Å². The van der Waals surface area contributed by atoms with Gasteiger partial charge >= 0.3 is 5.97 Å². The number of allylic oxidation sites excluding steroid dienone is 4. The van der Waals surface area contributed by atoms with E-state index in [1.54, 1.807) is 6.92 Å². The highest BCUT2D eigenvalue weighted by Gasteiger charge is 2.26. The third-order valence-electron chi connectivity index (χ3n) is 6.21. The molecule has 6 nitrogen and oxygen atoms in total. The van der Waals surface area contributed by atoms with Gasteiger partial charge in [-0.15, -0.1) is 0 Å². The van der Waals surface area contributed by atoms with Crippen LogP contribution < -0.4 is 5.32 Å². The summed E-state index contributed by atoms with van der Waals surface area (Å²) in [5.74, 6) is 1.07. The van der Waals surface area contributed by atoms with Gasteiger partial charge in [0.2, 0.25) is 0 Å². The van der Waals surface area contributed by atoms with Gasteiger partial charge < -0.3 is 14.6 Å². The number of nitrogens with one attached hydrogen (secondary N) is 1. The number of carbonyl (C=O) groups is 2. The molecule has 1 aromatic heterocycles. The number of aryl methyl sites for hydroxylation is 1. The number of carbonyl (C=O) groups excluding carboxylic acids is 2. The van der Waals surface area contributed by atoms with Crippen molar-refractivity contribution in [2.24, 2.45) is 13.0 Å². The Bertz CT molecular complexity index is 1040. The van der Waals surface area contributed by atoms with Gasteiger partial charge in [-0.2, -0.15) is 0 Å². The Morgan fingerprint density at radius 1 is 1.30 bits per heavy atom. The molecule has 6 heteroatoms. The van der Waals surface area contributed by atoms with Crippen LogP contribution in [0.3, 0.4) is 0 Å². The number of nitrogens with zero attached hydrogens (tertiary/aromatic N) is 2. The molecule has 3 rings (SSSR count). The van der Waals surface area contributed by atoms with Crippen LogP contribution in [-0.4, -0.2) is 34.0 Å². The molecule has 0 amide bonds. The van der Waals surface area contributed by atoms with Crippen LogP contribution in [0.4, 0.5) is 0 Å². The minimum absolute atomic E-state index is 0.0787. The van der Waals surface area contributed by atoms with E-state index in [0.29, 0.717) is 18.0 Å². The van der Waals surface area contributed by atoms with E-state index in [0.717, 1.165) is 66.4 Å². The number of hydrogen-bond acceptors (Lipinski definition) is 5. The number of ether oxygens (including phenoxy) is 1. The van der Waals surface area contributed by atoms with Crippen molar-refractivity contribution < 1.29 is 14.3 Å². The fourth-order valence-corrected chi connectivity index (χ4v) is 4.40. The fourth-order valence-electron chi connectivity index (χ4n) is 4.40. The van der Waals surface area contributed by atoms with Crippen molar-refractivity contribution in [3.63, 3.8) is 0 Å². The van der Waals surface area contributed by atoms with Gasteiger partial charge in [0.15, 0.2) is 0 Å². The number of benzene rings is 1. The highest BCUT2D eigenvalue weighted by atomic mass is 16.5. The van der Waals surface area contributed by atoms with Crippen LogP contribution in [0, 0.1) is 5.92 Å². The summed E-state index contributed by atoms with van der Waals surface area (Å²) >= 11 is 0. The second-order valence-electron chi connectivity index (χ2n) is 9.47. The van der Waals surface area contributed by atoms with E-state index in [-0.39, 0.29) is 18.1 Å². The number of aromatic nitrogens is 2. The van der Waals surface area contributed by atoms with E-state index in [1.165, 1.54) is 0 Å². The van der Waals surface area contributed by atoms with Gasteiger partial charge in [-0.1, -0.05) is 26.0 Å². The van der Waals surface area contributed by atoms with Gasteiger partial charge in [-0.3, -0.25) is 9.59 Å². The first-order chi connectivity index (χ1) is 15.8. The van der Waals surface area contributed by atoms with E-state index < -0.39 is 0 Å². The molecule has 0 bridgehead atoms. The molecule has 0 saturated heterocycles. The molecule has 33 heavy (non-hydrogen) atoms. The number of aldehydes is 1. The summed E-state index contributed by atoms with van der Waals surface area (Å²) in [4.78, 5) is 28.7. The Labute approximate surface area is 197 Å². The Kier molecular flexibility index (Phi) is 8.61. The quantitative estimate of drug-likeness (QED) is 0.235. The zero-order valence-corrected chi connectivity index (χ0v) is 20.6. The maximum atomic E-state index is 12.8. The molecular formula is C27H37N3O3. The van der Waals surface area contributed by atoms with Crippen molar-refractivity contribution in [3.05, 3.63) is 47.3 Å². The lowest BCUT2D eigenvalue weighted by Gasteiger charge is -2.21. The Morgan fingerprint density at radius 2 is 2.03 bits per heavy atom. The lowest BCUT2D eigenvalue weighted by Crippen LogP contribution is -2.40. The lowest BCUT2D eigenvalue weighted by molar-refractivity contribution is -0.151. The highest BCUT2D eigenvalue weighted by Crippen LogP contribution is 2.24. The minimum Gasteiger partial charge on any atom is -0.461 e. The number of esters is 1. The zero-order valence-electron chi connectivity index (χ0n) is 20.6. The molecule has 0 spiro atoms. The lowest BCUT2D eigenvalue weighted by atomic mass is 10.0. The summed E-state index contributed by atoms with van der Waals surface area (Å²) in [5, 5.41) is 3.43. The Morgan fingerprint density at radius 3 is 2.67 bits per heavy atom. The van der Waals surface area contributed by atoms with E-state index >= 15 is 0 Å². The first-order valence-electron chi connectivity index (χ1n) is 12.0. The summed E-state index contributed by atoms with van der Waals surface area (Å²) in [6.07, 6.45) is 9.73. The van der Waals surface area contributed by atoms with Crippen molar-refractivity contribution >= 4 is 28.9 Å². The largest absolute Gasteiger partial charge is 0.461 e. The molecular weight excluding hydrogens is 414 g/mol. The van der Waals surface area contributed by atoms with Crippen molar-refractivity contribution in [2.75, 3.05) is 0 Å². The summed E-state index contributed by atoms with van der Waals surface area (Å²) in [6.45, 7) is 8.54. The van der Waals surface area contributed by atoms with Crippen LogP contribution in [0.2, 0.25) is 0 Å². The average Bonchev–Trinajstić information content (AvgIpc) is 3.42. The zero-order chi connectivity index (χ0) is 24.0. The van der Waals surface area contributed by atoms with Crippen LogP contribution in [0.1, 0.15) is 71.2 Å². The number of hydrogen-bond donors (Lipinski definition) is 1. The van der Waals surface area contributed by atoms with Gasteiger partial charge in [0.25, 0.3) is 0 Å². The van der Waals surface area contributed by atoms with E-state index in [1.807, 2.05) is 30.7 Å². The average molecular weight is 452 g/mol. The first kappa shape index (κ1) is 24.9. The van der Waals surface area contributed by atoms with Crippen LogP contribution in [0.5, 0.6) is 0 Å². The summed E-state index contributed by atoms with van der Waals surface area (Å²) in [6, 6.07) is 5.87. The number of imidazole rings is 1. The van der Waals surface area contributed by atoms with E-state index in [9.17, 15) is 9.59 Å². The fraction of sp³-hybridized carbons (Fsp3) is 0.519. The molecule has 0 aliphatic heterocycles. The van der Waals surface area contributed by atoms with Crippen molar-refractivity contribution in [1.29, 1.82) is 0 Å². The molecule has 2 aromatic rings. The molecule has 178 valence electrons.